The van der Waals surface area contributed by atoms with Crippen LogP contribution in [0.2, 0.25) is 10.0 Å². The molecule has 0 bridgehead atoms. The van der Waals surface area contributed by atoms with Gasteiger partial charge in [-0.1, -0.05) is 54.4 Å². The topological polar surface area (TPSA) is 63.9 Å². The van der Waals surface area contributed by atoms with Crippen molar-refractivity contribution in [3.8, 4) is 17.4 Å². The van der Waals surface area contributed by atoms with E-state index >= 15 is 0 Å². The molecule has 1 aromatic heterocycles. The first-order valence-corrected chi connectivity index (χ1v) is 9.10. The van der Waals surface area contributed by atoms with Crippen molar-refractivity contribution in [2.24, 2.45) is 11.1 Å². The molecule has 5 nitrogen and oxygen atoms in total. The van der Waals surface area contributed by atoms with Gasteiger partial charge in [0.2, 0.25) is 5.88 Å². The molecule has 0 aliphatic rings. The molecule has 3 rings (SSSR count). The lowest BCUT2D eigenvalue weighted by Crippen LogP contribution is -2.22. The number of oxime groups is 1. The Hall–Kier alpha value is -2.50. The van der Waals surface area contributed by atoms with Gasteiger partial charge in [0, 0.05) is 22.9 Å². The first-order valence-electron chi connectivity index (χ1n) is 8.34. The molecule has 0 aliphatic carbocycles. The molecule has 1 heterocycles. The molecule has 7 heteroatoms. The molecule has 0 aliphatic heterocycles. The summed E-state index contributed by atoms with van der Waals surface area (Å²) in [6.07, 6.45) is 2.75. The monoisotopic (exact) mass is 404 g/mol. The van der Waals surface area contributed by atoms with E-state index in [4.69, 9.17) is 37.9 Å². The number of nitrogens with zero attached hydrogens (tertiary/aromatic N) is 2. The molecule has 0 radical (unpaired) electrons. The van der Waals surface area contributed by atoms with Crippen LogP contribution in [-0.2, 0) is 0 Å². The van der Waals surface area contributed by atoms with Gasteiger partial charge in [-0.3, -0.25) is 0 Å². The fourth-order valence-corrected chi connectivity index (χ4v) is 2.98. The summed E-state index contributed by atoms with van der Waals surface area (Å²) in [7, 11) is 0. The molecule has 0 saturated carbocycles. The van der Waals surface area contributed by atoms with Crippen molar-refractivity contribution in [3.63, 3.8) is 0 Å². The zero-order valence-electron chi connectivity index (χ0n) is 14.8. The molecule has 0 saturated heterocycles. The van der Waals surface area contributed by atoms with E-state index < -0.39 is 0 Å². The second-order valence-electron chi connectivity index (χ2n) is 6.10. The molecule has 0 fully saturated rings. The lowest BCUT2D eigenvalue weighted by Gasteiger charge is -2.20. The van der Waals surface area contributed by atoms with Gasteiger partial charge in [0.1, 0.15) is 22.6 Å². The number of aromatic nitrogens is 1. The molecular formula is C20H18Cl2N2O3. The van der Waals surface area contributed by atoms with Gasteiger partial charge in [-0.25, -0.2) is 4.98 Å². The van der Waals surface area contributed by atoms with Crippen molar-refractivity contribution in [2.45, 2.75) is 20.0 Å². The van der Waals surface area contributed by atoms with Crippen molar-refractivity contribution >= 4 is 40.2 Å². The van der Waals surface area contributed by atoms with Crippen LogP contribution in [0.5, 0.6) is 17.4 Å². The van der Waals surface area contributed by atoms with Crippen LogP contribution in [0.4, 0.5) is 0 Å². The number of hydrogen-bond donors (Lipinski definition) is 1. The number of rotatable bonds is 6. The third-order valence-electron chi connectivity index (χ3n) is 4.18. The molecule has 0 spiro atoms. The first kappa shape index (κ1) is 19.3. The average molecular weight is 405 g/mol. The third-order valence-corrected chi connectivity index (χ3v) is 4.66. The number of pyridine rings is 1. The number of benzene rings is 2. The highest BCUT2D eigenvalue weighted by molar-refractivity contribution is 6.35. The normalized spacial score (nSPS) is 13.6. The van der Waals surface area contributed by atoms with Crippen molar-refractivity contribution in [1.29, 1.82) is 0 Å². The maximum absolute atomic E-state index is 8.71. The fraction of sp³-hybridized carbons (Fsp3) is 0.200. The van der Waals surface area contributed by atoms with Gasteiger partial charge in [-0.2, -0.15) is 0 Å². The van der Waals surface area contributed by atoms with Crippen molar-refractivity contribution in [3.05, 3.63) is 58.7 Å². The highest BCUT2D eigenvalue weighted by Crippen LogP contribution is 2.36. The van der Waals surface area contributed by atoms with Crippen LogP contribution in [0.1, 0.15) is 13.8 Å². The van der Waals surface area contributed by atoms with E-state index in [1.54, 1.807) is 6.07 Å². The molecule has 2 atom stereocenters. The zero-order chi connectivity index (χ0) is 19.4. The number of fused-ring (bicyclic) bond motifs is 1. The molecule has 3 aromatic rings. The Morgan fingerprint density at radius 1 is 1.07 bits per heavy atom. The summed E-state index contributed by atoms with van der Waals surface area (Å²) in [5, 5.41) is 14.3. The minimum Gasteiger partial charge on any atom is -0.489 e. The van der Waals surface area contributed by atoms with Gasteiger partial charge in [0.15, 0.2) is 0 Å². The lowest BCUT2D eigenvalue weighted by atomic mass is 10.1. The minimum atomic E-state index is -0.177. The van der Waals surface area contributed by atoms with Crippen LogP contribution in [-0.4, -0.2) is 22.5 Å². The number of ether oxygens (including phenoxy) is 2. The van der Waals surface area contributed by atoms with Crippen LogP contribution in [0.3, 0.4) is 0 Å². The average Bonchev–Trinajstić information content (AvgIpc) is 2.65. The Kier molecular flexibility index (Phi) is 6.04. The van der Waals surface area contributed by atoms with Gasteiger partial charge in [-0.05, 0) is 25.1 Å². The zero-order valence-corrected chi connectivity index (χ0v) is 16.3. The Morgan fingerprint density at radius 3 is 2.41 bits per heavy atom. The van der Waals surface area contributed by atoms with E-state index in [0.29, 0.717) is 21.5 Å². The Balaban J connectivity index is 1.95. The summed E-state index contributed by atoms with van der Waals surface area (Å²) in [6.45, 7) is 3.83. The van der Waals surface area contributed by atoms with Gasteiger partial charge in [0.25, 0.3) is 0 Å². The van der Waals surface area contributed by atoms with Gasteiger partial charge in [-0.15, -0.1) is 5.16 Å². The van der Waals surface area contributed by atoms with Crippen molar-refractivity contribution in [2.75, 3.05) is 0 Å². The fourth-order valence-electron chi connectivity index (χ4n) is 2.56. The summed E-state index contributed by atoms with van der Waals surface area (Å²) < 4.78 is 12.0. The van der Waals surface area contributed by atoms with E-state index in [9.17, 15) is 0 Å². The lowest BCUT2D eigenvalue weighted by molar-refractivity contribution is 0.193. The summed E-state index contributed by atoms with van der Waals surface area (Å²) in [5.41, 5.74) is 0. The van der Waals surface area contributed by atoms with Gasteiger partial charge < -0.3 is 14.7 Å². The summed E-state index contributed by atoms with van der Waals surface area (Å²) in [6, 6.07) is 13.0. The van der Waals surface area contributed by atoms with Crippen LogP contribution >= 0.6 is 23.2 Å². The SMILES string of the molecule is CC(/C=N\O)C(C)Oc1cccc2c(Oc3ncc(Cl)cc3Cl)cccc12. The van der Waals surface area contributed by atoms with Crippen LogP contribution in [0.15, 0.2) is 53.8 Å². The molecule has 1 N–H and O–H groups in total. The molecule has 27 heavy (non-hydrogen) atoms. The summed E-state index contributed by atoms with van der Waals surface area (Å²) in [4.78, 5) is 4.14. The Bertz CT molecular complexity index is 979. The van der Waals surface area contributed by atoms with Crippen molar-refractivity contribution < 1.29 is 14.7 Å². The molecule has 0 amide bonds. The third kappa shape index (κ3) is 4.43. The molecule has 140 valence electrons. The van der Waals surface area contributed by atoms with Gasteiger partial charge >= 0.3 is 0 Å². The van der Waals surface area contributed by atoms with Gasteiger partial charge in [0.05, 0.1) is 11.2 Å². The maximum Gasteiger partial charge on any atom is 0.238 e. The second kappa shape index (κ2) is 8.46. The van der Waals surface area contributed by atoms with Crippen molar-refractivity contribution in [1.82, 2.24) is 4.98 Å². The van der Waals surface area contributed by atoms with E-state index in [0.717, 1.165) is 10.8 Å². The smallest absolute Gasteiger partial charge is 0.238 e. The van der Waals surface area contributed by atoms with E-state index in [1.165, 1.54) is 12.4 Å². The highest BCUT2D eigenvalue weighted by Gasteiger charge is 2.15. The molecular weight excluding hydrogens is 387 g/mol. The van der Waals surface area contributed by atoms with E-state index in [2.05, 4.69) is 10.1 Å². The predicted molar refractivity (Wildman–Crippen MR) is 108 cm³/mol. The summed E-state index contributed by atoms with van der Waals surface area (Å²) in [5.74, 6) is 1.54. The molecule has 2 unspecified atom stereocenters. The van der Waals surface area contributed by atoms with Crippen LogP contribution < -0.4 is 9.47 Å². The Morgan fingerprint density at radius 2 is 1.74 bits per heavy atom. The largest absolute Gasteiger partial charge is 0.489 e. The summed E-state index contributed by atoms with van der Waals surface area (Å²) >= 11 is 12.1. The van der Waals surface area contributed by atoms with Crippen LogP contribution in [0.25, 0.3) is 10.8 Å². The standard InChI is InChI=1S/C20H18Cl2N2O3/c1-12(10-24-25)13(2)26-18-7-3-6-16-15(18)5-4-8-19(16)27-20-17(22)9-14(21)11-23-20/h3-13,25H,1-2H3/b24-10-. The first-order chi connectivity index (χ1) is 13.0. The minimum absolute atomic E-state index is 0.0539. The predicted octanol–water partition coefficient (Wildman–Crippen LogP) is 6.20. The Labute approximate surface area is 167 Å². The van der Waals surface area contributed by atoms with E-state index in [1.807, 2.05) is 50.2 Å². The highest BCUT2D eigenvalue weighted by atomic mass is 35.5. The quantitative estimate of drug-likeness (QED) is 0.301. The maximum atomic E-state index is 8.71. The number of hydrogen-bond acceptors (Lipinski definition) is 5. The second-order valence-corrected chi connectivity index (χ2v) is 6.94. The van der Waals surface area contributed by atoms with E-state index in [-0.39, 0.29) is 17.9 Å². The number of halogens is 2. The van der Waals surface area contributed by atoms with Crippen LogP contribution in [0, 0.1) is 5.92 Å². The molecule has 2 aromatic carbocycles.